The van der Waals surface area contributed by atoms with Gasteiger partial charge >= 0.3 is 0 Å². The predicted molar refractivity (Wildman–Crippen MR) is 68.3 cm³/mol. The number of hydrogen-bond acceptors (Lipinski definition) is 5. The fraction of sp³-hybridized carbons (Fsp3) is 0.0833. The van der Waals surface area contributed by atoms with Crippen LogP contribution in [-0.4, -0.2) is 32.1 Å². The molecule has 0 aliphatic carbocycles. The molecule has 3 aromatic rings. The molecule has 3 aromatic heterocycles. The van der Waals surface area contributed by atoms with Crippen molar-refractivity contribution in [2.75, 3.05) is 12.4 Å². The van der Waals surface area contributed by atoms with E-state index in [0.29, 0.717) is 11.5 Å². The van der Waals surface area contributed by atoms with Crippen LogP contribution in [0.3, 0.4) is 0 Å². The van der Waals surface area contributed by atoms with Gasteiger partial charge in [-0.2, -0.15) is 0 Å². The SMILES string of the molecule is CNc1ccc2[nH]c(-c3cncc(O)c3)nc2n1. The minimum atomic E-state index is 0.108. The Labute approximate surface area is 103 Å². The van der Waals surface area contributed by atoms with Crippen LogP contribution in [0.2, 0.25) is 0 Å². The highest BCUT2D eigenvalue weighted by molar-refractivity contribution is 5.77. The van der Waals surface area contributed by atoms with E-state index in [1.807, 2.05) is 12.1 Å². The van der Waals surface area contributed by atoms with Gasteiger partial charge in [0.1, 0.15) is 17.4 Å². The first-order valence-corrected chi connectivity index (χ1v) is 5.45. The third kappa shape index (κ3) is 1.73. The second kappa shape index (κ2) is 3.99. The lowest BCUT2D eigenvalue weighted by Gasteiger charge is -1.95. The van der Waals surface area contributed by atoms with Crippen molar-refractivity contribution in [2.24, 2.45) is 0 Å². The molecule has 0 radical (unpaired) electrons. The quantitative estimate of drug-likeness (QED) is 0.636. The highest BCUT2D eigenvalue weighted by Crippen LogP contribution is 2.22. The maximum absolute atomic E-state index is 9.40. The zero-order valence-electron chi connectivity index (χ0n) is 9.68. The second-order valence-corrected chi connectivity index (χ2v) is 3.83. The second-order valence-electron chi connectivity index (χ2n) is 3.83. The van der Waals surface area contributed by atoms with Crippen molar-refractivity contribution in [3.05, 3.63) is 30.6 Å². The number of hydrogen-bond donors (Lipinski definition) is 3. The molecule has 0 aliphatic rings. The van der Waals surface area contributed by atoms with Crippen LogP contribution in [0.4, 0.5) is 5.82 Å². The average molecular weight is 241 g/mol. The van der Waals surface area contributed by atoms with Crippen LogP contribution in [0.5, 0.6) is 5.75 Å². The van der Waals surface area contributed by atoms with Gasteiger partial charge in [0, 0.05) is 18.8 Å². The van der Waals surface area contributed by atoms with E-state index < -0.39 is 0 Å². The molecule has 0 saturated carbocycles. The summed E-state index contributed by atoms with van der Waals surface area (Å²) in [5, 5.41) is 12.4. The summed E-state index contributed by atoms with van der Waals surface area (Å²) < 4.78 is 0. The molecule has 90 valence electrons. The maximum Gasteiger partial charge on any atom is 0.180 e. The van der Waals surface area contributed by atoms with Crippen LogP contribution in [0.1, 0.15) is 0 Å². The van der Waals surface area contributed by atoms with E-state index >= 15 is 0 Å². The average Bonchev–Trinajstić information content (AvgIpc) is 2.81. The van der Waals surface area contributed by atoms with E-state index in [9.17, 15) is 5.11 Å². The van der Waals surface area contributed by atoms with E-state index in [0.717, 1.165) is 16.9 Å². The molecule has 3 rings (SSSR count). The Bertz CT molecular complexity index is 707. The van der Waals surface area contributed by atoms with Gasteiger partial charge < -0.3 is 15.4 Å². The number of rotatable bonds is 2. The molecule has 0 aromatic carbocycles. The summed E-state index contributed by atoms with van der Waals surface area (Å²) >= 11 is 0. The Hall–Kier alpha value is -2.63. The number of fused-ring (bicyclic) bond motifs is 1. The minimum absolute atomic E-state index is 0.108. The van der Waals surface area contributed by atoms with Gasteiger partial charge in [-0.1, -0.05) is 0 Å². The first kappa shape index (κ1) is 10.5. The molecule has 0 aliphatic heterocycles. The summed E-state index contributed by atoms with van der Waals surface area (Å²) in [7, 11) is 1.81. The van der Waals surface area contributed by atoms with Crippen molar-refractivity contribution >= 4 is 17.0 Å². The predicted octanol–water partition coefficient (Wildman–Crippen LogP) is 1.77. The molecule has 0 spiro atoms. The molecule has 3 N–H and O–H groups in total. The Kier molecular flexibility index (Phi) is 2.33. The number of anilines is 1. The highest BCUT2D eigenvalue weighted by atomic mass is 16.3. The van der Waals surface area contributed by atoms with Crippen molar-refractivity contribution in [3.8, 4) is 17.1 Å². The number of aromatic hydroxyl groups is 1. The lowest BCUT2D eigenvalue weighted by molar-refractivity contribution is 0.473. The van der Waals surface area contributed by atoms with E-state index in [1.54, 1.807) is 19.3 Å². The smallest absolute Gasteiger partial charge is 0.180 e. The van der Waals surface area contributed by atoms with Crippen LogP contribution in [0.15, 0.2) is 30.6 Å². The van der Waals surface area contributed by atoms with E-state index in [4.69, 9.17) is 0 Å². The summed E-state index contributed by atoms with van der Waals surface area (Å²) in [6.07, 6.45) is 3.01. The number of nitrogens with one attached hydrogen (secondary N) is 2. The molecule has 0 atom stereocenters. The molecule has 0 amide bonds. The van der Waals surface area contributed by atoms with E-state index in [-0.39, 0.29) is 5.75 Å². The van der Waals surface area contributed by atoms with Crippen molar-refractivity contribution in [3.63, 3.8) is 0 Å². The summed E-state index contributed by atoms with van der Waals surface area (Å²) in [5.41, 5.74) is 2.19. The molecule has 0 fully saturated rings. The zero-order valence-corrected chi connectivity index (χ0v) is 9.68. The van der Waals surface area contributed by atoms with Crippen molar-refractivity contribution in [1.82, 2.24) is 19.9 Å². The molecule has 18 heavy (non-hydrogen) atoms. The molecule has 0 unspecified atom stereocenters. The fourth-order valence-electron chi connectivity index (χ4n) is 1.73. The number of aromatic amines is 1. The van der Waals surface area contributed by atoms with Crippen LogP contribution in [0.25, 0.3) is 22.6 Å². The van der Waals surface area contributed by atoms with Gasteiger partial charge in [-0.15, -0.1) is 0 Å². The van der Waals surface area contributed by atoms with Crippen molar-refractivity contribution in [1.29, 1.82) is 0 Å². The van der Waals surface area contributed by atoms with Gasteiger partial charge in [0.05, 0.1) is 11.7 Å². The Morgan fingerprint density at radius 1 is 1.22 bits per heavy atom. The molecule has 6 heteroatoms. The van der Waals surface area contributed by atoms with Gasteiger partial charge in [0.15, 0.2) is 5.65 Å². The monoisotopic (exact) mass is 241 g/mol. The standard InChI is InChI=1S/C12H11N5O/c1-13-10-3-2-9-12(16-10)17-11(15-9)7-4-8(18)6-14-5-7/h2-6,18H,1H3,(H2,13,15,16,17). The molecular formula is C12H11N5O. The third-order valence-corrected chi connectivity index (χ3v) is 2.60. The first-order valence-electron chi connectivity index (χ1n) is 5.45. The van der Waals surface area contributed by atoms with Crippen molar-refractivity contribution < 1.29 is 5.11 Å². The van der Waals surface area contributed by atoms with Gasteiger partial charge in [0.2, 0.25) is 0 Å². The number of aromatic nitrogens is 4. The number of H-pyrrole nitrogens is 1. The Morgan fingerprint density at radius 2 is 2.11 bits per heavy atom. The summed E-state index contributed by atoms with van der Waals surface area (Å²) in [6, 6.07) is 5.37. The van der Waals surface area contributed by atoms with Gasteiger partial charge in [0.25, 0.3) is 0 Å². The summed E-state index contributed by atoms with van der Waals surface area (Å²) in [4.78, 5) is 15.8. The molecule has 0 saturated heterocycles. The molecule has 3 heterocycles. The third-order valence-electron chi connectivity index (χ3n) is 2.60. The van der Waals surface area contributed by atoms with Crippen molar-refractivity contribution in [2.45, 2.75) is 0 Å². The molecule has 0 bridgehead atoms. The zero-order chi connectivity index (χ0) is 12.5. The van der Waals surface area contributed by atoms with Gasteiger partial charge in [-0.3, -0.25) is 4.98 Å². The number of pyridine rings is 2. The van der Waals surface area contributed by atoms with E-state index in [1.165, 1.54) is 6.20 Å². The van der Waals surface area contributed by atoms with Crippen LogP contribution in [-0.2, 0) is 0 Å². The largest absolute Gasteiger partial charge is 0.506 e. The number of imidazole rings is 1. The topological polar surface area (TPSA) is 86.7 Å². The lowest BCUT2D eigenvalue weighted by Crippen LogP contribution is -1.91. The molecular weight excluding hydrogens is 230 g/mol. The maximum atomic E-state index is 9.40. The molecule has 6 nitrogen and oxygen atoms in total. The summed E-state index contributed by atoms with van der Waals surface area (Å²) in [5.74, 6) is 1.50. The Morgan fingerprint density at radius 3 is 2.89 bits per heavy atom. The van der Waals surface area contributed by atoms with Gasteiger partial charge in [-0.25, -0.2) is 9.97 Å². The minimum Gasteiger partial charge on any atom is -0.506 e. The van der Waals surface area contributed by atoms with Crippen LogP contribution in [0, 0.1) is 0 Å². The van der Waals surface area contributed by atoms with Crippen LogP contribution < -0.4 is 5.32 Å². The number of nitrogens with zero attached hydrogens (tertiary/aromatic N) is 3. The lowest BCUT2D eigenvalue weighted by atomic mass is 10.2. The first-order chi connectivity index (χ1) is 8.76. The normalized spacial score (nSPS) is 10.7. The van der Waals surface area contributed by atoms with E-state index in [2.05, 4.69) is 25.3 Å². The van der Waals surface area contributed by atoms with Gasteiger partial charge in [-0.05, 0) is 18.2 Å². The Balaban J connectivity index is 2.13. The fourth-order valence-corrected chi connectivity index (χ4v) is 1.73. The van der Waals surface area contributed by atoms with Crippen LogP contribution >= 0.6 is 0 Å². The highest BCUT2D eigenvalue weighted by Gasteiger charge is 2.07. The summed E-state index contributed by atoms with van der Waals surface area (Å²) in [6.45, 7) is 0.